The molecule has 0 radical (unpaired) electrons. The third-order valence-electron chi connectivity index (χ3n) is 3.44. The summed E-state index contributed by atoms with van der Waals surface area (Å²) >= 11 is 0. The molecule has 2 heterocycles. The van der Waals surface area contributed by atoms with E-state index in [9.17, 15) is 9.59 Å². The molecule has 1 amide bonds. The molecule has 2 aliphatic rings. The second kappa shape index (κ2) is 5.50. The Morgan fingerprint density at radius 1 is 1.25 bits per heavy atom. The number of nitrogens with zero attached hydrogens (tertiary/aromatic N) is 1. The van der Waals surface area contributed by atoms with Gasteiger partial charge in [-0.3, -0.25) is 4.79 Å². The van der Waals surface area contributed by atoms with E-state index in [2.05, 4.69) is 0 Å². The average molecular weight is 277 g/mol. The summed E-state index contributed by atoms with van der Waals surface area (Å²) < 4.78 is 16.0. The number of hydrogen-bond acceptors (Lipinski definition) is 5. The van der Waals surface area contributed by atoms with E-state index in [1.165, 1.54) is 0 Å². The first-order valence-electron chi connectivity index (χ1n) is 6.53. The first kappa shape index (κ1) is 12.9. The van der Waals surface area contributed by atoms with Gasteiger partial charge < -0.3 is 23.9 Å². The molecule has 106 valence electrons. The Hall–Kier alpha value is -2.08. The molecule has 1 fully saturated rings. The second-order valence-corrected chi connectivity index (χ2v) is 4.61. The van der Waals surface area contributed by atoms with E-state index in [1.54, 1.807) is 17.0 Å². The lowest BCUT2D eigenvalue weighted by Gasteiger charge is -2.27. The molecule has 1 aromatic carbocycles. The summed E-state index contributed by atoms with van der Waals surface area (Å²) in [5.41, 5.74) is 1.11. The van der Waals surface area contributed by atoms with Crippen molar-refractivity contribution >= 4 is 12.2 Å². The number of rotatable bonds is 3. The molecule has 0 aromatic heterocycles. The molecular formula is C14H15NO5. The van der Waals surface area contributed by atoms with Crippen molar-refractivity contribution in [2.45, 2.75) is 6.42 Å². The number of ether oxygens (including phenoxy) is 3. The van der Waals surface area contributed by atoms with Crippen LogP contribution < -0.4 is 9.47 Å². The zero-order valence-electron chi connectivity index (χ0n) is 11.0. The lowest BCUT2D eigenvalue weighted by molar-refractivity contribution is -0.107. The van der Waals surface area contributed by atoms with Crippen molar-refractivity contribution in [1.29, 1.82) is 0 Å². The van der Waals surface area contributed by atoms with E-state index >= 15 is 0 Å². The first-order valence-corrected chi connectivity index (χ1v) is 6.53. The van der Waals surface area contributed by atoms with Gasteiger partial charge in [0.05, 0.1) is 18.8 Å². The predicted molar refractivity (Wildman–Crippen MR) is 69.1 cm³/mol. The van der Waals surface area contributed by atoms with Crippen molar-refractivity contribution < 1.29 is 23.8 Å². The maximum atomic E-state index is 12.7. The number of carbonyl (C=O) groups is 2. The monoisotopic (exact) mass is 277 g/mol. The van der Waals surface area contributed by atoms with E-state index in [4.69, 9.17) is 14.2 Å². The van der Waals surface area contributed by atoms with Gasteiger partial charge in [-0.05, 0) is 11.6 Å². The summed E-state index contributed by atoms with van der Waals surface area (Å²) in [4.78, 5) is 25.2. The molecule has 0 spiro atoms. The second-order valence-electron chi connectivity index (χ2n) is 4.61. The summed E-state index contributed by atoms with van der Waals surface area (Å²) in [6, 6.07) is 3.48. The van der Waals surface area contributed by atoms with Crippen LogP contribution in [0, 0.1) is 0 Å². The normalized spacial score (nSPS) is 17.1. The number of amides is 1. The van der Waals surface area contributed by atoms with Crippen LogP contribution in [0.3, 0.4) is 0 Å². The summed E-state index contributed by atoms with van der Waals surface area (Å²) in [7, 11) is 0. The van der Waals surface area contributed by atoms with Gasteiger partial charge in [-0.15, -0.1) is 0 Å². The fourth-order valence-electron chi connectivity index (χ4n) is 2.43. The highest BCUT2D eigenvalue weighted by atomic mass is 16.7. The molecule has 2 aliphatic heterocycles. The van der Waals surface area contributed by atoms with Crippen molar-refractivity contribution in [2.75, 3.05) is 33.1 Å². The molecule has 1 saturated heterocycles. The minimum atomic E-state index is -0.132. The van der Waals surface area contributed by atoms with E-state index < -0.39 is 0 Å². The molecule has 1 aromatic rings. The lowest BCUT2D eigenvalue weighted by Crippen LogP contribution is -2.41. The summed E-state index contributed by atoms with van der Waals surface area (Å²) in [6.45, 7) is 2.25. The SMILES string of the molecule is O=CCc1ccc2c(c1C(=O)N1CCOCC1)OCO2. The number of morpholine rings is 1. The maximum Gasteiger partial charge on any atom is 0.258 e. The first-order chi connectivity index (χ1) is 9.81. The number of hydrogen-bond donors (Lipinski definition) is 0. The average Bonchev–Trinajstić information content (AvgIpc) is 2.96. The molecule has 0 atom stereocenters. The third-order valence-corrected chi connectivity index (χ3v) is 3.44. The molecule has 20 heavy (non-hydrogen) atoms. The van der Waals surface area contributed by atoms with Crippen LogP contribution >= 0.6 is 0 Å². The maximum absolute atomic E-state index is 12.7. The van der Waals surface area contributed by atoms with Crippen LogP contribution in [0.5, 0.6) is 11.5 Å². The van der Waals surface area contributed by atoms with Gasteiger partial charge in [0.15, 0.2) is 11.5 Å². The fourth-order valence-corrected chi connectivity index (χ4v) is 2.43. The molecule has 0 saturated carbocycles. The quantitative estimate of drug-likeness (QED) is 0.758. The molecule has 0 N–H and O–H groups in total. The van der Waals surface area contributed by atoms with Crippen molar-refractivity contribution in [3.63, 3.8) is 0 Å². The highest BCUT2D eigenvalue weighted by molar-refractivity contribution is 6.00. The minimum Gasteiger partial charge on any atom is -0.454 e. The van der Waals surface area contributed by atoms with Crippen molar-refractivity contribution in [3.05, 3.63) is 23.3 Å². The standard InChI is InChI=1S/C14H15NO5/c16-6-3-10-1-2-11-13(20-9-19-11)12(10)14(17)15-4-7-18-8-5-15/h1-2,6H,3-5,7-9H2. The van der Waals surface area contributed by atoms with Crippen LogP contribution in [0.15, 0.2) is 12.1 Å². The van der Waals surface area contributed by atoms with Crippen LogP contribution in [0.2, 0.25) is 0 Å². The highest BCUT2D eigenvalue weighted by Crippen LogP contribution is 2.38. The van der Waals surface area contributed by atoms with Gasteiger partial charge in [-0.1, -0.05) is 6.07 Å². The van der Waals surface area contributed by atoms with Crippen LogP contribution in [-0.2, 0) is 16.0 Å². The van der Waals surface area contributed by atoms with Crippen LogP contribution in [0.4, 0.5) is 0 Å². The number of fused-ring (bicyclic) bond motifs is 1. The van der Waals surface area contributed by atoms with Crippen LogP contribution in [-0.4, -0.2) is 50.2 Å². The topological polar surface area (TPSA) is 65.1 Å². The van der Waals surface area contributed by atoms with Gasteiger partial charge >= 0.3 is 0 Å². The summed E-state index contributed by atoms with van der Waals surface area (Å²) in [6.07, 6.45) is 0.968. The third kappa shape index (κ3) is 2.22. The molecule has 0 bridgehead atoms. The van der Waals surface area contributed by atoms with Crippen molar-refractivity contribution in [2.24, 2.45) is 0 Å². The van der Waals surface area contributed by atoms with E-state index in [0.717, 1.165) is 6.29 Å². The highest BCUT2D eigenvalue weighted by Gasteiger charge is 2.29. The number of benzene rings is 1. The molecule has 0 aliphatic carbocycles. The Labute approximate surface area is 116 Å². The molecule has 6 heteroatoms. The number of aldehydes is 1. The Morgan fingerprint density at radius 3 is 2.80 bits per heavy atom. The molecule has 3 rings (SSSR count). The zero-order valence-corrected chi connectivity index (χ0v) is 11.0. The van der Waals surface area contributed by atoms with Crippen LogP contribution in [0.1, 0.15) is 15.9 Å². The summed E-state index contributed by atoms with van der Waals surface area (Å²) in [5, 5.41) is 0. The largest absolute Gasteiger partial charge is 0.454 e. The van der Waals surface area contributed by atoms with Gasteiger partial charge in [0.25, 0.3) is 5.91 Å². The van der Waals surface area contributed by atoms with Crippen LogP contribution in [0.25, 0.3) is 0 Å². The summed E-state index contributed by atoms with van der Waals surface area (Å²) in [5.74, 6) is 0.865. The lowest BCUT2D eigenvalue weighted by atomic mass is 10.0. The Bertz CT molecular complexity index is 537. The van der Waals surface area contributed by atoms with Gasteiger partial charge in [0.1, 0.15) is 6.29 Å². The smallest absolute Gasteiger partial charge is 0.258 e. The van der Waals surface area contributed by atoms with E-state index in [1.807, 2.05) is 0 Å². The molecular weight excluding hydrogens is 262 g/mol. The number of carbonyl (C=O) groups excluding carboxylic acids is 2. The Kier molecular flexibility index (Phi) is 3.56. The predicted octanol–water partition coefficient (Wildman–Crippen LogP) is 0.629. The zero-order chi connectivity index (χ0) is 13.9. The molecule has 6 nitrogen and oxygen atoms in total. The molecule has 0 unspecified atom stereocenters. The van der Waals surface area contributed by atoms with E-state index in [0.29, 0.717) is 48.9 Å². The minimum absolute atomic E-state index is 0.100. The van der Waals surface area contributed by atoms with Gasteiger partial charge in [-0.25, -0.2) is 0 Å². The van der Waals surface area contributed by atoms with Gasteiger partial charge in [0, 0.05) is 19.5 Å². The Balaban J connectivity index is 1.99. The van der Waals surface area contributed by atoms with Gasteiger partial charge in [0.2, 0.25) is 6.79 Å². The Morgan fingerprint density at radius 2 is 2.05 bits per heavy atom. The van der Waals surface area contributed by atoms with Crippen molar-refractivity contribution in [1.82, 2.24) is 4.90 Å². The van der Waals surface area contributed by atoms with Crippen molar-refractivity contribution in [3.8, 4) is 11.5 Å². The fraction of sp³-hybridized carbons (Fsp3) is 0.429. The van der Waals surface area contributed by atoms with Gasteiger partial charge in [-0.2, -0.15) is 0 Å². The van der Waals surface area contributed by atoms with E-state index in [-0.39, 0.29) is 19.1 Å².